The fourth-order valence-electron chi connectivity index (χ4n) is 2.93. The zero-order chi connectivity index (χ0) is 19.4. The molecule has 0 fully saturated rings. The van der Waals surface area contributed by atoms with Gasteiger partial charge in [-0.25, -0.2) is 4.79 Å². The Hall–Kier alpha value is -3.32. The van der Waals surface area contributed by atoms with Gasteiger partial charge in [0.2, 0.25) is 0 Å². The van der Waals surface area contributed by atoms with Crippen molar-refractivity contribution in [3.63, 3.8) is 0 Å². The van der Waals surface area contributed by atoms with Gasteiger partial charge in [0.25, 0.3) is 5.69 Å². The van der Waals surface area contributed by atoms with Gasteiger partial charge in [-0.15, -0.1) is 0 Å². The number of rotatable bonds is 6. The van der Waals surface area contributed by atoms with Gasteiger partial charge in [-0.2, -0.15) is 0 Å². The number of aryl methyl sites for hydroxylation is 1. The molecule has 3 aromatic rings. The average molecular weight is 366 g/mol. The highest BCUT2D eigenvalue weighted by Gasteiger charge is 2.23. The Balaban J connectivity index is 2.28. The molecule has 0 saturated heterocycles. The van der Waals surface area contributed by atoms with Gasteiger partial charge >= 0.3 is 5.97 Å². The highest BCUT2D eigenvalue weighted by atomic mass is 16.6. The molecular weight excluding hydrogens is 348 g/mol. The van der Waals surface area contributed by atoms with Crippen LogP contribution in [0.1, 0.15) is 16.1 Å². The highest BCUT2D eigenvalue weighted by Crippen LogP contribution is 2.35. The van der Waals surface area contributed by atoms with Crippen molar-refractivity contribution in [2.75, 3.05) is 20.3 Å². The second-order valence-corrected chi connectivity index (χ2v) is 5.90. The topological polar surface area (TPSA) is 91.6 Å². The monoisotopic (exact) mass is 366 g/mol. The molecule has 138 valence electrons. The lowest BCUT2D eigenvalue weighted by molar-refractivity contribution is -0.384. The largest absolute Gasteiger partial charge is 0.460 e. The quantitative estimate of drug-likeness (QED) is 0.284. The smallest absolute Gasteiger partial charge is 0.340 e. The molecule has 0 radical (unpaired) electrons. The Labute approximate surface area is 155 Å². The lowest BCUT2D eigenvalue weighted by atomic mass is 9.94. The van der Waals surface area contributed by atoms with Gasteiger partial charge in [0.1, 0.15) is 6.61 Å². The van der Waals surface area contributed by atoms with Gasteiger partial charge in [0, 0.05) is 30.2 Å². The molecule has 0 saturated carbocycles. The van der Waals surface area contributed by atoms with Gasteiger partial charge in [0.15, 0.2) is 0 Å². The molecular formula is C20H18N2O5. The summed E-state index contributed by atoms with van der Waals surface area (Å²) >= 11 is 0. The summed E-state index contributed by atoms with van der Waals surface area (Å²) in [6, 6.07) is 13.7. The van der Waals surface area contributed by atoms with E-state index in [4.69, 9.17) is 9.47 Å². The van der Waals surface area contributed by atoms with E-state index < -0.39 is 10.9 Å². The number of esters is 1. The van der Waals surface area contributed by atoms with Crippen LogP contribution in [0.2, 0.25) is 0 Å². The van der Waals surface area contributed by atoms with Gasteiger partial charge < -0.3 is 9.47 Å². The summed E-state index contributed by atoms with van der Waals surface area (Å²) in [6.45, 7) is 2.11. The Kier molecular flexibility index (Phi) is 5.42. The van der Waals surface area contributed by atoms with E-state index in [1.807, 2.05) is 30.3 Å². The maximum atomic E-state index is 12.7. The van der Waals surface area contributed by atoms with E-state index in [2.05, 4.69) is 4.98 Å². The number of nitro benzene ring substituents is 1. The Bertz CT molecular complexity index is 1000. The van der Waals surface area contributed by atoms with Crippen LogP contribution in [0.5, 0.6) is 0 Å². The second-order valence-electron chi connectivity index (χ2n) is 5.90. The second kappa shape index (κ2) is 7.92. The maximum Gasteiger partial charge on any atom is 0.340 e. The standard InChI is InChI=1S/C20H18N2O5/c1-13-18(20(23)27-11-10-26-2)19(14-6-4-3-5-7-14)16-12-15(22(24)25)8-9-17(16)21-13/h3-9,12H,10-11H2,1-2H3. The molecule has 0 spiro atoms. The van der Waals surface area contributed by atoms with E-state index in [-0.39, 0.29) is 18.9 Å². The summed E-state index contributed by atoms with van der Waals surface area (Å²) in [5.41, 5.74) is 2.63. The van der Waals surface area contributed by atoms with E-state index in [9.17, 15) is 14.9 Å². The van der Waals surface area contributed by atoms with Crippen LogP contribution in [-0.4, -0.2) is 36.2 Å². The fraction of sp³-hybridized carbons (Fsp3) is 0.200. The van der Waals surface area contributed by atoms with Gasteiger partial charge in [0.05, 0.1) is 28.3 Å². The van der Waals surface area contributed by atoms with Crippen molar-refractivity contribution in [2.24, 2.45) is 0 Å². The van der Waals surface area contributed by atoms with Crippen molar-refractivity contribution >= 4 is 22.6 Å². The number of ether oxygens (including phenoxy) is 2. The number of benzene rings is 2. The van der Waals surface area contributed by atoms with E-state index >= 15 is 0 Å². The van der Waals surface area contributed by atoms with E-state index in [1.54, 1.807) is 13.0 Å². The van der Waals surface area contributed by atoms with Crippen LogP contribution in [0, 0.1) is 17.0 Å². The number of carbonyl (C=O) groups is 1. The zero-order valence-corrected chi connectivity index (χ0v) is 15.0. The third-order valence-corrected chi connectivity index (χ3v) is 4.15. The summed E-state index contributed by atoms with van der Waals surface area (Å²) in [4.78, 5) is 28.0. The number of hydrogen-bond donors (Lipinski definition) is 0. The number of pyridine rings is 1. The number of non-ortho nitro benzene ring substituents is 1. The molecule has 3 rings (SSSR count). The first-order valence-electron chi connectivity index (χ1n) is 8.33. The molecule has 0 amide bonds. The summed E-state index contributed by atoms with van der Waals surface area (Å²) in [6.07, 6.45) is 0. The number of nitro groups is 1. The van der Waals surface area contributed by atoms with Crippen LogP contribution in [0.15, 0.2) is 48.5 Å². The zero-order valence-electron chi connectivity index (χ0n) is 15.0. The normalized spacial score (nSPS) is 10.7. The first-order valence-corrected chi connectivity index (χ1v) is 8.33. The minimum atomic E-state index is -0.538. The van der Waals surface area contributed by atoms with Crippen LogP contribution in [-0.2, 0) is 9.47 Å². The number of hydrogen-bond acceptors (Lipinski definition) is 6. The third kappa shape index (κ3) is 3.78. The number of carbonyl (C=O) groups excluding carboxylic acids is 1. The fourth-order valence-corrected chi connectivity index (χ4v) is 2.93. The van der Waals surface area contributed by atoms with Crippen LogP contribution in [0.3, 0.4) is 0 Å². The molecule has 0 aliphatic rings. The number of aromatic nitrogens is 1. The molecule has 0 bridgehead atoms. The molecule has 0 aliphatic heterocycles. The maximum absolute atomic E-state index is 12.7. The minimum Gasteiger partial charge on any atom is -0.460 e. The highest BCUT2D eigenvalue weighted by molar-refractivity contribution is 6.08. The summed E-state index contributed by atoms with van der Waals surface area (Å²) in [7, 11) is 1.52. The molecule has 1 heterocycles. The minimum absolute atomic E-state index is 0.0657. The molecule has 0 N–H and O–H groups in total. The SMILES string of the molecule is COCCOC(=O)c1c(C)nc2ccc([N+](=O)[O-])cc2c1-c1ccccc1. The van der Waals surface area contributed by atoms with Crippen LogP contribution in [0.25, 0.3) is 22.0 Å². The van der Waals surface area contributed by atoms with Gasteiger partial charge in [-0.1, -0.05) is 30.3 Å². The summed E-state index contributed by atoms with van der Waals surface area (Å²) in [5.74, 6) is -0.538. The Morgan fingerprint density at radius 2 is 1.89 bits per heavy atom. The van der Waals surface area contributed by atoms with Gasteiger partial charge in [-0.05, 0) is 18.6 Å². The third-order valence-electron chi connectivity index (χ3n) is 4.15. The predicted octanol–water partition coefficient (Wildman–Crippen LogP) is 3.92. The van der Waals surface area contributed by atoms with Gasteiger partial charge in [-0.3, -0.25) is 15.1 Å². The molecule has 0 atom stereocenters. The van der Waals surface area contributed by atoms with Crippen molar-refractivity contribution in [3.05, 3.63) is 69.9 Å². The van der Waals surface area contributed by atoms with Crippen molar-refractivity contribution in [1.82, 2.24) is 4.98 Å². The molecule has 0 aliphatic carbocycles. The Morgan fingerprint density at radius 3 is 2.56 bits per heavy atom. The lowest BCUT2D eigenvalue weighted by Crippen LogP contribution is -2.14. The summed E-state index contributed by atoms with van der Waals surface area (Å²) < 4.78 is 10.2. The Morgan fingerprint density at radius 1 is 1.15 bits per heavy atom. The van der Waals surface area contributed by atoms with Crippen molar-refractivity contribution < 1.29 is 19.2 Å². The molecule has 7 heteroatoms. The van der Waals surface area contributed by atoms with E-state index in [0.29, 0.717) is 27.7 Å². The molecule has 7 nitrogen and oxygen atoms in total. The average Bonchev–Trinajstić information content (AvgIpc) is 2.67. The molecule has 0 unspecified atom stereocenters. The van der Waals surface area contributed by atoms with Crippen molar-refractivity contribution in [1.29, 1.82) is 0 Å². The number of methoxy groups -OCH3 is 1. The first kappa shape index (κ1) is 18.5. The number of nitrogens with zero attached hydrogens (tertiary/aromatic N) is 2. The molecule has 27 heavy (non-hydrogen) atoms. The predicted molar refractivity (Wildman–Crippen MR) is 101 cm³/mol. The van der Waals surface area contributed by atoms with Crippen molar-refractivity contribution in [3.8, 4) is 11.1 Å². The molecule has 2 aromatic carbocycles. The lowest BCUT2D eigenvalue weighted by Gasteiger charge is -2.15. The van der Waals surface area contributed by atoms with E-state index in [1.165, 1.54) is 19.2 Å². The number of fused-ring (bicyclic) bond motifs is 1. The summed E-state index contributed by atoms with van der Waals surface area (Å²) in [5, 5.41) is 11.8. The van der Waals surface area contributed by atoms with E-state index in [0.717, 1.165) is 5.56 Å². The van der Waals surface area contributed by atoms with Crippen LogP contribution >= 0.6 is 0 Å². The van der Waals surface area contributed by atoms with Crippen molar-refractivity contribution in [2.45, 2.75) is 6.92 Å². The molecule has 1 aromatic heterocycles. The van der Waals surface area contributed by atoms with Crippen LogP contribution in [0.4, 0.5) is 5.69 Å². The van der Waals surface area contributed by atoms with Crippen LogP contribution < -0.4 is 0 Å². The first-order chi connectivity index (χ1) is 13.0.